The Balaban J connectivity index is 1.54. The van der Waals surface area contributed by atoms with Crippen LogP contribution in [-0.2, 0) is 20.6 Å². The molecule has 2 aromatic carbocycles. The molecule has 1 fully saturated rings. The summed E-state index contributed by atoms with van der Waals surface area (Å²) >= 11 is 0. The molecular weight excluding hydrogens is 394 g/mol. The number of carbonyl (C=O) groups excluding carboxylic acids is 1. The zero-order valence-corrected chi connectivity index (χ0v) is 16.5. The fraction of sp³-hybridized carbons (Fsp3) is 0.250. The minimum Gasteiger partial charge on any atom is -0.337 e. The molecule has 1 amide bonds. The molecule has 0 atom stereocenters. The van der Waals surface area contributed by atoms with E-state index in [0.29, 0.717) is 18.7 Å². The normalized spacial score (nSPS) is 15.5. The Kier molecular flexibility index (Phi) is 6.40. The maximum Gasteiger partial charge on any atom is 0.269 e. The number of amides is 1. The van der Waals surface area contributed by atoms with Crippen LogP contribution in [0.25, 0.3) is 6.08 Å². The topological polar surface area (TPSA) is 101 Å². The van der Waals surface area contributed by atoms with Crippen LogP contribution in [0.2, 0.25) is 0 Å². The Morgan fingerprint density at radius 1 is 1.00 bits per heavy atom. The quantitative estimate of drug-likeness (QED) is 0.409. The molecule has 3 rings (SSSR count). The second kappa shape index (κ2) is 8.97. The van der Waals surface area contributed by atoms with Crippen molar-refractivity contribution in [3.05, 3.63) is 81.9 Å². The standard InChI is InChI=1S/C20H21N3O5S/c24-20(11-8-17-6-9-19(10-7-17)23(25)26)21-12-14-22(15-13-21)29(27,28)16-18-4-2-1-3-5-18/h1-11H,12-16H2. The molecule has 1 aliphatic heterocycles. The average Bonchev–Trinajstić information content (AvgIpc) is 2.73. The number of nitro benzene ring substituents is 1. The molecule has 29 heavy (non-hydrogen) atoms. The van der Waals surface area contributed by atoms with Gasteiger partial charge in [0.15, 0.2) is 0 Å². The summed E-state index contributed by atoms with van der Waals surface area (Å²) in [5.41, 5.74) is 1.39. The van der Waals surface area contributed by atoms with Crippen LogP contribution in [0.4, 0.5) is 5.69 Å². The van der Waals surface area contributed by atoms with E-state index < -0.39 is 14.9 Å². The first-order chi connectivity index (χ1) is 13.8. The average molecular weight is 415 g/mol. The molecule has 1 aliphatic rings. The highest BCUT2D eigenvalue weighted by Crippen LogP contribution is 2.15. The molecule has 1 saturated heterocycles. The number of nitrogens with zero attached hydrogens (tertiary/aromatic N) is 3. The van der Waals surface area contributed by atoms with Crippen molar-refractivity contribution in [1.29, 1.82) is 0 Å². The smallest absolute Gasteiger partial charge is 0.269 e. The minimum atomic E-state index is -3.43. The van der Waals surface area contributed by atoms with Crippen LogP contribution >= 0.6 is 0 Å². The summed E-state index contributed by atoms with van der Waals surface area (Å²) in [5, 5.41) is 10.7. The van der Waals surface area contributed by atoms with Crippen LogP contribution in [0, 0.1) is 10.1 Å². The predicted octanol–water partition coefficient (Wildman–Crippen LogP) is 2.28. The number of carbonyl (C=O) groups is 1. The van der Waals surface area contributed by atoms with Crippen LogP contribution in [0.5, 0.6) is 0 Å². The number of benzene rings is 2. The van der Waals surface area contributed by atoms with Gasteiger partial charge < -0.3 is 4.90 Å². The molecule has 8 nitrogen and oxygen atoms in total. The Hall–Kier alpha value is -3.04. The van der Waals surface area contributed by atoms with Gasteiger partial charge in [-0.2, -0.15) is 4.31 Å². The van der Waals surface area contributed by atoms with Crippen molar-refractivity contribution >= 4 is 27.7 Å². The second-order valence-corrected chi connectivity index (χ2v) is 8.62. The van der Waals surface area contributed by atoms with Gasteiger partial charge in [-0.1, -0.05) is 30.3 Å². The molecule has 0 N–H and O–H groups in total. The zero-order chi connectivity index (χ0) is 20.9. The summed E-state index contributed by atoms with van der Waals surface area (Å²) in [6.45, 7) is 1.15. The second-order valence-electron chi connectivity index (χ2n) is 6.65. The molecule has 2 aromatic rings. The fourth-order valence-corrected chi connectivity index (χ4v) is 4.56. The van der Waals surface area contributed by atoms with E-state index >= 15 is 0 Å². The monoisotopic (exact) mass is 415 g/mol. The van der Waals surface area contributed by atoms with E-state index in [1.807, 2.05) is 6.07 Å². The van der Waals surface area contributed by atoms with Crippen LogP contribution in [0.1, 0.15) is 11.1 Å². The molecule has 9 heteroatoms. The van der Waals surface area contributed by atoms with Gasteiger partial charge in [-0.05, 0) is 29.3 Å². The van der Waals surface area contributed by atoms with E-state index in [9.17, 15) is 23.3 Å². The lowest BCUT2D eigenvalue weighted by molar-refractivity contribution is -0.384. The summed E-state index contributed by atoms with van der Waals surface area (Å²) in [7, 11) is -3.43. The minimum absolute atomic E-state index is 0.0127. The largest absolute Gasteiger partial charge is 0.337 e. The third kappa shape index (κ3) is 5.49. The van der Waals surface area contributed by atoms with Gasteiger partial charge in [0.1, 0.15) is 0 Å². The first kappa shape index (κ1) is 20.7. The number of piperazine rings is 1. The lowest BCUT2D eigenvalue weighted by Crippen LogP contribution is -2.50. The number of hydrogen-bond acceptors (Lipinski definition) is 5. The molecule has 0 spiro atoms. The molecule has 0 radical (unpaired) electrons. The van der Waals surface area contributed by atoms with Crippen LogP contribution in [0.3, 0.4) is 0 Å². The maximum absolute atomic E-state index is 12.6. The lowest BCUT2D eigenvalue weighted by atomic mass is 10.2. The SMILES string of the molecule is O=C(C=Cc1ccc([N+](=O)[O-])cc1)N1CCN(S(=O)(=O)Cc2ccccc2)CC1. The van der Waals surface area contributed by atoms with Gasteiger partial charge in [0.05, 0.1) is 10.7 Å². The number of hydrogen-bond donors (Lipinski definition) is 0. The van der Waals surface area contributed by atoms with E-state index in [0.717, 1.165) is 5.56 Å². The number of nitro groups is 1. The van der Waals surface area contributed by atoms with Crippen molar-refractivity contribution in [3.8, 4) is 0 Å². The summed E-state index contributed by atoms with van der Waals surface area (Å²) in [4.78, 5) is 24.1. The summed E-state index contributed by atoms with van der Waals surface area (Å²) < 4.78 is 26.6. The molecule has 0 saturated carbocycles. The van der Waals surface area contributed by atoms with Crippen molar-refractivity contribution in [1.82, 2.24) is 9.21 Å². The van der Waals surface area contributed by atoms with Crippen molar-refractivity contribution in [2.24, 2.45) is 0 Å². The summed E-state index contributed by atoms with van der Waals surface area (Å²) in [6, 6.07) is 14.9. The van der Waals surface area contributed by atoms with Gasteiger partial charge in [-0.3, -0.25) is 14.9 Å². The predicted molar refractivity (Wildman–Crippen MR) is 109 cm³/mol. The fourth-order valence-electron chi connectivity index (χ4n) is 3.04. The van der Waals surface area contributed by atoms with Gasteiger partial charge in [0, 0.05) is 44.4 Å². The third-order valence-corrected chi connectivity index (χ3v) is 6.51. The highest BCUT2D eigenvalue weighted by atomic mass is 32.2. The van der Waals surface area contributed by atoms with Crippen molar-refractivity contribution < 1.29 is 18.1 Å². The maximum atomic E-state index is 12.6. The summed E-state index contributed by atoms with van der Waals surface area (Å²) in [6.07, 6.45) is 2.99. The van der Waals surface area contributed by atoms with Crippen molar-refractivity contribution in [2.45, 2.75) is 5.75 Å². The van der Waals surface area contributed by atoms with E-state index in [2.05, 4.69) is 0 Å². The van der Waals surface area contributed by atoms with Crippen molar-refractivity contribution in [3.63, 3.8) is 0 Å². The highest BCUT2D eigenvalue weighted by Gasteiger charge is 2.28. The Bertz CT molecular complexity index is 996. The zero-order valence-electron chi connectivity index (χ0n) is 15.7. The third-order valence-electron chi connectivity index (χ3n) is 4.66. The molecule has 1 heterocycles. The van der Waals surface area contributed by atoms with E-state index in [1.54, 1.807) is 47.4 Å². The molecule has 0 unspecified atom stereocenters. The van der Waals surface area contributed by atoms with Crippen LogP contribution in [0.15, 0.2) is 60.7 Å². The molecule has 0 aromatic heterocycles. The van der Waals surface area contributed by atoms with Gasteiger partial charge >= 0.3 is 0 Å². The number of non-ortho nitro benzene ring substituents is 1. The van der Waals surface area contributed by atoms with Gasteiger partial charge in [0.2, 0.25) is 15.9 Å². The highest BCUT2D eigenvalue weighted by molar-refractivity contribution is 7.88. The van der Waals surface area contributed by atoms with E-state index in [4.69, 9.17) is 0 Å². The number of rotatable bonds is 6. The van der Waals surface area contributed by atoms with Crippen molar-refractivity contribution in [2.75, 3.05) is 26.2 Å². The Labute approximate surface area is 169 Å². The van der Waals surface area contributed by atoms with Gasteiger partial charge in [-0.15, -0.1) is 0 Å². The van der Waals surface area contributed by atoms with Crippen LogP contribution < -0.4 is 0 Å². The first-order valence-electron chi connectivity index (χ1n) is 9.08. The molecule has 152 valence electrons. The van der Waals surface area contributed by atoms with E-state index in [-0.39, 0.29) is 30.4 Å². The van der Waals surface area contributed by atoms with Gasteiger partial charge in [-0.25, -0.2) is 8.42 Å². The Morgan fingerprint density at radius 2 is 1.62 bits per heavy atom. The lowest BCUT2D eigenvalue weighted by Gasteiger charge is -2.33. The molecule has 0 bridgehead atoms. The van der Waals surface area contributed by atoms with Crippen LogP contribution in [-0.4, -0.2) is 54.6 Å². The van der Waals surface area contributed by atoms with Gasteiger partial charge in [0.25, 0.3) is 5.69 Å². The molecular formula is C20H21N3O5S. The first-order valence-corrected chi connectivity index (χ1v) is 10.7. The Morgan fingerprint density at radius 3 is 2.21 bits per heavy atom. The summed E-state index contributed by atoms with van der Waals surface area (Å²) in [5.74, 6) is -0.273. The van der Waals surface area contributed by atoms with E-state index in [1.165, 1.54) is 22.5 Å². The number of sulfonamides is 1. The molecule has 0 aliphatic carbocycles.